The van der Waals surface area contributed by atoms with Gasteiger partial charge in [-0.15, -0.1) is 0 Å². The van der Waals surface area contributed by atoms with E-state index in [1.165, 1.54) is 26.2 Å². The maximum Gasteiger partial charge on any atom is 0.315 e. The highest BCUT2D eigenvalue weighted by molar-refractivity contribution is 5.78. The van der Waals surface area contributed by atoms with Gasteiger partial charge in [0.25, 0.3) is 0 Å². The van der Waals surface area contributed by atoms with Crippen molar-refractivity contribution in [2.24, 2.45) is 17.8 Å². The Kier molecular flexibility index (Phi) is 5.49. The molecule has 140 valence electrons. The second-order valence-corrected chi connectivity index (χ2v) is 8.16. The molecule has 7 heteroatoms. The molecule has 0 radical (unpaired) electrons. The van der Waals surface area contributed by atoms with E-state index in [-0.39, 0.29) is 29.8 Å². The van der Waals surface area contributed by atoms with Crippen LogP contribution in [-0.2, 0) is 9.59 Å². The van der Waals surface area contributed by atoms with E-state index >= 15 is 0 Å². The van der Waals surface area contributed by atoms with Crippen molar-refractivity contribution in [1.29, 1.82) is 0 Å². The summed E-state index contributed by atoms with van der Waals surface area (Å²) in [5.74, 6) is 2.14. The first-order valence-electron chi connectivity index (χ1n) is 9.51. The smallest absolute Gasteiger partial charge is 0.315 e. The van der Waals surface area contributed by atoms with Crippen molar-refractivity contribution >= 4 is 17.8 Å². The van der Waals surface area contributed by atoms with Crippen LogP contribution in [0.25, 0.3) is 0 Å². The Bertz CT molecular complexity index is 499. The number of carbonyl (C=O) groups is 3. The zero-order valence-electron chi connectivity index (χ0n) is 15.0. The first-order valence-corrected chi connectivity index (χ1v) is 9.51. The van der Waals surface area contributed by atoms with E-state index in [2.05, 4.69) is 21.3 Å². The number of hydrogen-bond donors (Lipinski definition) is 4. The summed E-state index contributed by atoms with van der Waals surface area (Å²) >= 11 is 0. The molecular weight excluding hydrogens is 320 g/mol. The number of amides is 4. The van der Waals surface area contributed by atoms with Crippen LogP contribution in [0.5, 0.6) is 0 Å². The van der Waals surface area contributed by atoms with Crippen LogP contribution in [-0.4, -0.2) is 43.0 Å². The molecule has 0 aromatic heterocycles. The van der Waals surface area contributed by atoms with Gasteiger partial charge in [0, 0.05) is 38.5 Å². The minimum Gasteiger partial charge on any atom is -0.355 e. The Labute approximate surface area is 149 Å². The summed E-state index contributed by atoms with van der Waals surface area (Å²) in [7, 11) is 0. The molecule has 4 rings (SSSR count). The first kappa shape index (κ1) is 18.0. The minimum atomic E-state index is -0.145. The third-order valence-electron chi connectivity index (χ3n) is 5.88. The molecule has 25 heavy (non-hydrogen) atoms. The van der Waals surface area contributed by atoms with Crippen molar-refractivity contribution < 1.29 is 14.4 Å². The zero-order chi connectivity index (χ0) is 17.9. The topological polar surface area (TPSA) is 99.3 Å². The van der Waals surface area contributed by atoms with Gasteiger partial charge in [0.1, 0.15) is 0 Å². The van der Waals surface area contributed by atoms with Crippen LogP contribution in [0.4, 0.5) is 4.79 Å². The number of carbonyl (C=O) groups excluding carboxylic acids is 3. The number of hydrogen-bond acceptors (Lipinski definition) is 3. The molecule has 0 spiro atoms. The van der Waals surface area contributed by atoms with Gasteiger partial charge in [0.2, 0.25) is 11.8 Å². The Balaban J connectivity index is 1.32. The summed E-state index contributed by atoms with van der Waals surface area (Å²) in [6.07, 6.45) is 7.65. The van der Waals surface area contributed by atoms with Crippen LogP contribution in [0.3, 0.4) is 0 Å². The Hall–Kier alpha value is -1.79. The second kappa shape index (κ2) is 7.62. The highest BCUT2D eigenvalue weighted by Gasteiger charge is 2.51. The standard InChI is InChI=1S/C18H30N4O3/c1-12(23)19-4-5-20-16(24)2-3-21-17(25)22-18-9-13-6-14(10-18)8-15(7-13)11-18/h13-15H,2-11H2,1H3,(H,19,23)(H,20,24)(H2,21,22,25). The molecule has 7 nitrogen and oxygen atoms in total. The molecule has 0 aliphatic heterocycles. The number of rotatable bonds is 7. The van der Waals surface area contributed by atoms with Crippen molar-refractivity contribution in [2.45, 2.75) is 57.4 Å². The lowest BCUT2D eigenvalue weighted by molar-refractivity contribution is -0.122. The van der Waals surface area contributed by atoms with Crippen LogP contribution in [0.15, 0.2) is 0 Å². The molecule has 0 aromatic rings. The lowest BCUT2D eigenvalue weighted by atomic mass is 9.53. The first-order chi connectivity index (χ1) is 11.9. The van der Waals surface area contributed by atoms with Crippen molar-refractivity contribution in [1.82, 2.24) is 21.3 Å². The van der Waals surface area contributed by atoms with Gasteiger partial charge in [0.15, 0.2) is 0 Å². The van der Waals surface area contributed by atoms with Gasteiger partial charge in [0.05, 0.1) is 0 Å². The van der Waals surface area contributed by atoms with Crippen LogP contribution >= 0.6 is 0 Å². The third kappa shape index (κ3) is 4.86. The van der Waals surface area contributed by atoms with Gasteiger partial charge in [-0.2, -0.15) is 0 Å². The predicted octanol–water partition coefficient (Wildman–Crippen LogP) is 0.897. The fourth-order valence-electron chi connectivity index (χ4n) is 5.37. The van der Waals surface area contributed by atoms with Gasteiger partial charge in [-0.05, 0) is 56.3 Å². The lowest BCUT2D eigenvalue weighted by Crippen LogP contribution is -2.61. The Morgan fingerprint density at radius 3 is 1.96 bits per heavy atom. The number of nitrogens with one attached hydrogen (secondary N) is 4. The molecule has 4 aliphatic rings. The predicted molar refractivity (Wildman–Crippen MR) is 93.7 cm³/mol. The molecule has 4 saturated carbocycles. The van der Waals surface area contributed by atoms with Crippen LogP contribution in [0.2, 0.25) is 0 Å². The summed E-state index contributed by atoms with van der Waals surface area (Å²) in [4.78, 5) is 34.6. The van der Waals surface area contributed by atoms with E-state index in [1.807, 2.05) is 0 Å². The van der Waals surface area contributed by atoms with E-state index in [4.69, 9.17) is 0 Å². The summed E-state index contributed by atoms with van der Waals surface area (Å²) < 4.78 is 0. The maximum atomic E-state index is 12.2. The average molecular weight is 350 g/mol. The van der Waals surface area contributed by atoms with Crippen molar-refractivity contribution in [3.8, 4) is 0 Å². The summed E-state index contributed by atoms with van der Waals surface area (Å²) in [6.45, 7) is 2.58. The second-order valence-electron chi connectivity index (χ2n) is 8.16. The number of urea groups is 1. The van der Waals surface area contributed by atoms with Crippen LogP contribution in [0.1, 0.15) is 51.9 Å². The molecule has 0 aromatic carbocycles. The van der Waals surface area contributed by atoms with Gasteiger partial charge >= 0.3 is 6.03 Å². The Morgan fingerprint density at radius 2 is 1.40 bits per heavy atom. The van der Waals surface area contributed by atoms with E-state index in [0.717, 1.165) is 37.0 Å². The molecule has 4 amide bonds. The molecule has 0 atom stereocenters. The normalized spacial score (nSPS) is 32.1. The van der Waals surface area contributed by atoms with Gasteiger partial charge in [-0.1, -0.05) is 0 Å². The van der Waals surface area contributed by atoms with Crippen LogP contribution in [0, 0.1) is 17.8 Å². The molecule has 0 heterocycles. The van der Waals surface area contributed by atoms with E-state index in [1.54, 1.807) is 0 Å². The fraction of sp³-hybridized carbons (Fsp3) is 0.833. The zero-order valence-corrected chi connectivity index (χ0v) is 15.0. The van der Waals surface area contributed by atoms with E-state index in [9.17, 15) is 14.4 Å². The van der Waals surface area contributed by atoms with Gasteiger partial charge in [-0.25, -0.2) is 4.79 Å². The molecule has 4 N–H and O–H groups in total. The summed E-state index contributed by atoms with van der Waals surface area (Å²) in [6, 6.07) is -0.145. The molecule has 4 aliphatic carbocycles. The van der Waals surface area contributed by atoms with Crippen molar-refractivity contribution in [3.05, 3.63) is 0 Å². The fourth-order valence-corrected chi connectivity index (χ4v) is 5.37. The van der Waals surface area contributed by atoms with Crippen LogP contribution < -0.4 is 21.3 Å². The SMILES string of the molecule is CC(=O)NCCNC(=O)CCNC(=O)NC12CC3CC(CC(C3)C1)C2. The quantitative estimate of drug-likeness (QED) is 0.513. The molecule has 4 fully saturated rings. The van der Waals surface area contributed by atoms with E-state index < -0.39 is 0 Å². The minimum absolute atomic E-state index is 0.000544. The maximum absolute atomic E-state index is 12.2. The van der Waals surface area contributed by atoms with E-state index in [0.29, 0.717) is 19.6 Å². The summed E-state index contributed by atoms with van der Waals surface area (Å²) in [5, 5.41) is 11.4. The van der Waals surface area contributed by atoms with Crippen molar-refractivity contribution in [2.75, 3.05) is 19.6 Å². The highest BCUT2D eigenvalue weighted by Crippen LogP contribution is 2.55. The molecular formula is C18H30N4O3. The molecule has 0 unspecified atom stereocenters. The lowest BCUT2D eigenvalue weighted by Gasteiger charge is -2.56. The van der Waals surface area contributed by atoms with Gasteiger partial charge in [-0.3, -0.25) is 9.59 Å². The highest BCUT2D eigenvalue weighted by atomic mass is 16.2. The molecule has 4 bridgehead atoms. The summed E-state index contributed by atoms with van der Waals surface area (Å²) in [5.41, 5.74) is -0.000544. The third-order valence-corrected chi connectivity index (χ3v) is 5.88. The molecule has 0 saturated heterocycles. The van der Waals surface area contributed by atoms with Gasteiger partial charge < -0.3 is 21.3 Å². The van der Waals surface area contributed by atoms with Crippen molar-refractivity contribution in [3.63, 3.8) is 0 Å². The average Bonchev–Trinajstić information content (AvgIpc) is 2.49. The largest absolute Gasteiger partial charge is 0.355 e. The Morgan fingerprint density at radius 1 is 0.840 bits per heavy atom. The monoisotopic (exact) mass is 350 g/mol.